The monoisotopic (exact) mass is 1650 g/mol. The number of aromatic nitrogens is 7. The van der Waals surface area contributed by atoms with E-state index in [1.165, 1.54) is 56.3 Å². The quantitative estimate of drug-likeness (QED) is 0.0923. The van der Waals surface area contributed by atoms with E-state index in [4.69, 9.17) is 11.5 Å². The molecule has 1 amide bonds. The number of carbonyl (C=O) groups excluding carboxylic acids is 2. The number of rotatable bonds is 6. The van der Waals surface area contributed by atoms with Gasteiger partial charge in [-0.25, -0.2) is 14.8 Å². The van der Waals surface area contributed by atoms with Crippen LogP contribution in [0.15, 0.2) is 92.3 Å². The van der Waals surface area contributed by atoms with Crippen LogP contribution in [-0.4, -0.2) is 88.1 Å². The maximum atomic E-state index is 12.8. The smallest absolute Gasteiger partial charge is 0.433 e. The van der Waals surface area contributed by atoms with Crippen LogP contribution in [0.3, 0.4) is 0 Å². The number of fused-ring (bicyclic) bond motifs is 2. The van der Waals surface area contributed by atoms with Crippen molar-refractivity contribution in [2.75, 3.05) is 36.0 Å². The molecule has 2 saturated heterocycles. The molecule has 0 bridgehead atoms. The summed E-state index contributed by atoms with van der Waals surface area (Å²) in [6, 6.07) is 11.5. The largest absolute Gasteiger partial charge is 0.481 e. The predicted octanol–water partition coefficient (Wildman–Crippen LogP) is 9.41. The van der Waals surface area contributed by atoms with Crippen LogP contribution in [0.25, 0.3) is 0 Å². The van der Waals surface area contributed by atoms with Crippen LogP contribution in [0.2, 0.25) is 0 Å². The summed E-state index contributed by atoms with van der Waals surface area (Å²) in [5, 5.41) is 11.9. The number of alkyl halides is 6. The number of hydrogen-bond donors (Lipinski definition) is 2. The molecule has 124 heavy (non-hydrogen) atoms. The Morgan fingerprint density at radius 3 is 1.11 bits per heavy atom. The van der Waals surface area contributed by atoms with Crippen molar-refractivity contribution in [3.05, 3.63) is 148 Å². The average molecular weight is 1650 g/mol. The van der Waals surface area contributed by atoms with Crippen LogP contribution in [0.5, 0.6) is 0 Å². The SMILES string of the molecule is C.C#CC#CC#CC#CC#CC#CC#CC#CC#CC#CC#CC#CC#CC#CC#CC#CC#CC#CC#CC#CC#CC#CC#CC#CC#CC#CC.Cc1cc(C)c2c(c1)CNC2.Cc1cc(C)c2c(n1)CN(C(=O)CC1CN(c3ccnc(C(F)(F)F)c3)C1)C2.O=C(O)CC1CN(c2ccnc(C(F)(F)F)c2)C1.O=C(n1ccnc1)n1ccnc1.P. The van der Waals surface area contributed by atoms with Crippen molar-refractivity contribution in [1.29, 1.82) is 0 Å². The summed E-state index contributed by atoms with van der Waals surface area (Å²) in [6.45, 7) is 15.3. The number of pyridine rings is 3. The molecule has 0 saturated carbocycles. The molecule has 0 radical (unpaired) electrons. The maximum Gasteiger partial charge on any atom is 0.433 e. The third-order valence-electron chi connectivity index (χ3n) is 15.2. The van der Waals surface area contributed by atoms with Crippen LogP contribution < -0.4 is 15.1 Å². The van der Waals surface area contributed by atoms with Gasteiger partial charge in [0.2, 0.25) is 5.91 Å². The molecule has 22 heteroatoms. The number of nitrogens with one attached hydrogen (secondary N) is 1. The first kappa shape index (κ1) is 98.2. The minimum absolute atomic E-state index is 0. The summed E-state index contributed by atoms with van der Waals surface area (Å²) < 4.78 is 78.5. The number of anilines is 2. The normalized spacial score (nSPS) is 10.2. The number of aryl methyl sites for hydroxylation is 4. The number of halogens is 6. The van der Waals surface area contributed by atoms with E-state index < -0.39 is 29.7 Å². The van der Waals surface area contributed by atoms with Crippen molar-refractivity contribution in [2.24, 2.45) is 11.8 Å². The summed E-state index contributed by atoms with van der Waals surface area (Å²) in [7, 11) is 0. The van der Waals surface area contributed by atoms with Gasteiger partial charge < -0.3 is 25.1 Å². The number of aliphatic carboxylic acids is 1. The zero-order valence-corrected chi connectivity index (χ0v) is 67.5. The van der Waals surface area contributed by atoms with E-state index in [2.05, 4.69) is 358 Å². The zero-order valence-electron chi connectivity index (χ0n) is 66.1. The van der Waals surface area contributed by atoms with E-state index in [0.717, 1.165) is 53.9 Å². The summed E-state index contributed by atoms with van der Waals surface area (Å²) in [6.07, 6.45) is 7.94. The third kappa shape index (κ3) is 39.0. The number of imidazole rings is 2. The second-order valence-corrected chi connectivity index (χ2v) is 24.0. The fourth-order valence-electron chi connectivity index (χ4n) is 10.1. The average Bonchev–Trinajstić information content (AvgIpc) is 1.54. The maximum absolute atomic E-state index is 12.8. The summed E-state index contributed by atoms with van der Waals surface area (Å²) in [5.74, 6) is 126. The lowest BCUT2D eigenvalue weighted by atomic mass is 9.95. The first-order valence-corrected chi connectivity index (χ1v) is 35.3. The number of carboxylic acid groups (broad SMARTS) is 1. The Kier molecular flexibility index (Phi) is 44.5. The molecular formula is C102H62F6N11O4P. The van der Waals surface area contributed by atoms with E-state index >= 15 is 0 Å². The highest BCUT2D eigenvalue weighted by molar-refractivity contribution is 6.92. The molecule has 4 aliphatic heterocycles. The van der Waals surface area contributed by atoms with Gasteiger partial charge in [-0.15, -0.1) is 6.42 Å². The molecule has 1 aromatic carbocycles. The molecule has 2 N–H and O–H groups in total. The molecular weight excluding hydrogens is 1590 g/mol. The number of nitrogens with zero attached hydrogens (tertiary/aromatic N) is 10. The van der Waals surface area contributed by atoms with Gasteiger partial charge in [0.05, 0.1) is 18.7 Å². The standard InChI is InChI=1S/C53H4.C20H21F3N4O.C11H11F3N2O2.C10H13N.C7H6N4O.CH4.H3P/c1-3-5-7-9-11-13-15-17-19-21-23-25-27-29-31-33-35-37-39-41-43-45-47-49-51-53-52-50-48-46-44-42-40-38-36-34-32-30-28-26-24-22-20-18-16-14-12-10-8-6-4-2;1-12-5-13(2)25-17-11-27(10-16(12)17)19(28)6-14-8-26(9-14)15-3-4-24-18(7-15)20(21,22)23;12-11(13,14)9-4-8(1-2-15-9)16-5-7(6-16)3-10(17)18;1-7-3-8(2)10-6-11-5-9(10)4-7;12-7(10-3-1-8-5-10)11-4-2-9-6-11;;/h1H,2H3;3-5,7,14H,6,8-11H2,1-2H3;1-2,4,7H,3,5-6H2,(H,17,18);3-4,11H,5-6H2,1-2H3;1-6H;1H4;1H3. The minimum Gasteiger partial charge on any atom is -0.481 e. The van der Waals surface area contributed by atoms with Crippen LogP contribution in [-0.2, 0) is 48.1 Å². The van der Waals surface area contributed by atoms with E-state index in [0.29, 0.717) is 57.1 Å². The van der Waals surface area contributed by atoms with Crippen LogP contribution in [0, 0.1) is 348 Å². The summed E-state index contributed by atoms with van der Waals surface area (Å²) in [4.78, 5) is 58.6. The highest BCUT2D eigenvalue weighted by Gasteiger charge is 2.37. The Hall–Kier alpha value is -18.2. The Balaban J connectivity index is 0.000000370. The highest BCUT2D eigenvalue weighted by atomic mass is 31.0. The number of benzene rings is 1. The molecule has 596 valence electrons. The van der Waals surface area contributed by atoms with Crippen molar-refractivity contribution in [3.8, 4) is 308 Å². The lowest BCUT2D eigenvalue weighted by Crippen LogP contribution is -2.48. The molecule has 4 aliphatic rings. The van der Waals surface area contributed by atoms with Crippen LogP contribution in [0.1, 0.15) is 83.3 Å². The minimum atomic E-state index is -4.46. The molecule has 2 fully saturated rings. The van der Waals surface area contributed by atoms with Crippen LogP contribution >= 0.6 is 9.90 Å². The molecule has 6 aromatic rings. The number of hydrogen-bond acceptors (Lipinski definition) is 11. The molecule has 10 rings (SSSR count). The second-order valence-electron chi connectivity index (χ2n) is 24.0. The fraction of sp³-hybridized carbons (Fsp3) is 0.196. The van der Waals surface area contributed by atoms with E-state index in [1.807, 2.05) is 29.7 Å². The Bertz CT molecular complexity index is 6840. The third-order valence-corrected chi connectivity index (χ3v) is 15.2. The first-order valence-electron chi connectivity index (χ1n) is 35.3. The molecule has 0 aliphatic carbocycles. The molecule has 9 heterocycles. The number of terminal acetylenes is 1. The Morgan fingerprint density at radius 2 is 0.790 bits per heavy atom. The molecule has 1 atom stereocenters. The van der Waals surface area contributed by atoms with Crippen LogP contribution in [0.4, 0.5) is 42.5 Å². The van der Waals surface area contributed by atoms with Gasteiger partial charge in [-0.1, -0.05) is 31.0 Å². The van der Waals surface area contributed by atoms with E-state index in [9.17, 15) is 40.7 Å². The second kappa shape index (κ2) is 56.2. The highest BCUT2D eigenvalue weighted by Crippen LogP contribution is 2.35. The molecule has 15 nitrogen and oxygen atoms in total. The van der Waals surface area contributed by atoms with Gasteiger partial charge in [-0.2, -0.15) is 36.2 Å². The number of carboxylic acids is 1. The fourth-order valence-corrected chi connectivity index (χ4v) is 10.1. The number of amides is 1. The van der Waals surface area contributed by atoms with Crippen molar-refractivity contribution in [3.63, 3.8) is 0 Å². The Morgan fingerprint density at radius 1 is 0.452 bits per heavy atom. The molecule has 0 spiro atoms. The van der Waals surface area contributed by atoms with Crippen molar-refractivity contribution >= 4 is 39.2 Å². The van der Waals surface area contributed by atoms with Crippen molar-refractivity contribution in [1.82, 2.24) is 44.3 Å². The lowest BCUT2D eigenvalue weighted by Gasteiger charge is -2.41. The van der Waals surface area contributed by atoms with E-state index in [1.54, 1.807) is 42.7 Å². The van der Waals surface area contributed by atoms with Gasteiger partial charge >= 0.3 is 24.4 Å². The van der Waals surface area contributed by atoms with Gasteiger partial charge in [0, 0.05) is 320 Å². The lowest BCUT2D eigenvalue weighted by molar-refractivity contribution is -0.141. The van der Waals surface area contributed by atoms with Gasteiger partial charge in [0.15, 0.2) is 0 Å². The summed E-state index contributed by atoms with van der Waals surface area (Å²) in [5.41, 5.74) is 9.13. The van der Waals surface area contributed by atoms with Gasteiger partial charge in [-0.05, 0) is 187 Å². The molecule has 1 unspecified atom stereocenters. The Labute approximate surface area is 723 Å². The topological polar surface area (TPSA) is 168 Å². The summed E-state index contributed by atoms with van der Waals surface area (Å²) >= 11 is 0. The first-order chi connectivity index (χ1) is 59.1. The van der Waals surface area contributed by atoms with Crippen molar-refractivity contribution < 1.29 is 45.8 Å². The predicted molar refractivity (Wildman–Crippen MR) is 469 cm³/mol. The van der Waals surface area contributed by atoms with Gasteiger partial charge in [-0.3, -0.25) is 33.7 Å². The van der Waals surface area contributed by atoms with Gasteiger partial charge in [0.1, 0.15) is 24.0 Å². The molecule has 5 aromatic heterocycles. The van der Waals surface area contributed by atoms with Gasteiger partial charge in [0.25, 0.3) is 0 Å². The zero-order chi connectivity index (χ0) is 87.7. The number of carbonyl (C=O) groups is 3. The van der Waals surface area contributed by atoms with Crippen molar-refractivity contribution in [2.45, 2.75) is 93.4 Å². The van der Waals surface area contributed by atoms with E-state index in [-0.39, 0.29) is 47.5 Å².